The van der Waals surface area contributed by atoms with Gasteiger partial charge in [-0.15, -0.1) is 0 Å². The van der Waals surface area contributed by atoms with E-state index in [2.05, 4.69) is 33.3 Å². The number of carbonyl (C=O) groups is 1. The molecule has 3 rings (SSSR count). The van der Waals surface area contributed by atoms with Gasteiger partial charge in [0, 0.05) is 43.3 Å². The molecule has 1 aromatic carbocycles. The molecule has 0 radical (unpaired) electrons. The molecule has 2 heterocycles. The molecular weight excluding hydrogens is 364 g/mol. The van der Waals surface area contributed by atoms with Crippen LogP contribution in [0.5, 0.6) is 0 Å². The van der Waals surface area contributed by atoms with Crippen LogP contribution in [0.25, 0.3) is 0 Å². The largest absolute Gasteiger partial charge is 0.360 e. The molecule has 1 fully saturated rings. The molecule has 0 spiro atoms. The molecule has 0 aliphatic carbocycles. The third-order valence-corrected chi connectivity index (χ3v) is 5.61. The van der Waals surface area contributed by atoms with Crippen LogP contribution in [0.3, 0.4) is 0 Å². The van der Waals surface area contributed by atoms with E-state index in [-0.39, 0.29) is 18.0 Å². The Balaban J connectivity index is 1.58. The first kappa shape index (κ1) is 19.9. The number of aromatic nitrogens is 1. The quantitative estimate of drug-likeness (QED) is 0.814. The highest BCUT2D eigenvalue weighted by Gasteiger charge is 2.30. The molecule has 1 amide bonds. The van der Waals surface area contributed by atoms with E-state index < -0.39 is 0 Å². The van der Waals surface area contributed by atoms with Crippen LogP contribution in [-0.4, -0.2) is 53.1 Å². The molecule has 0 bridgehead atoms. The van der Waals surface area contributed by atoms with Gasteiger partial charge in [-0.2, -0.15) is 0 Å². The second kappa shape index (κ2) is 8.87. The van der Waals surface area contributed by atoms with Crippen LogP contribution in [0.4, 0.5) is 5.82 Å². The summed E-state index contributed by atoms with van der Waals surface area (Å²) in [4.78, 5) is 17.3. The van der Waals surface area contributed by atoms with E-state index in [1.807, 2.05) is 25.1 Å². The second-order valence-corrected chi connectivity index (χ2v) is 7.41. The van der Waals surface area contributed by atoms with Crippen molar-refractivity contribution in [2.75, 3.05) is 31.5 Å². The Hall–Kier alpha value is -1.89. The number of piperazine rings is 1. The van der Waals surface area contributed by atoms with Gasteiger partial charge in [-0.05, 0) is 31.9 Å². The van der Waals surface area contributed by atoms with Crippen molar-refractivity contribution >= 4 is 23.3 Å². The highest BCUT2D eigenvalue weighted by molar-refractivity contribution is 6.31. The van der Waals surface area contributed by atoms with Crippen LogP contribution in [0, 0.1) is 6.92 Å². The Bertz CT molecular complexity index is 771. The fourth-order valence-electron chi connectivity index (χ4n) is 3.69. The van der Waals surface area contributed by atoms with Crippen LogP contribution in [-0.2, 0) is 4.79 Å². The smallest absolute Gasteiger partial charge is 0.242 e. The molecule has 0 saturated carbocycles. The first-order chi connectivity index (χ1) is 13.0. The monoisotopic (exact) mass is 390 g/mol. The molecule has 2 atom stereocenters. The van der Waals surface area contributed by atoms with Gasteiger partial charge in [-0.1, -0.05) is 41.9 Å². The average Bonchev–Trinajstić information content (AvgIpc) is 3.07. The zero-order chi connectivity index (χ0) is 19.4. The predicted octanol–water partition coefficient (Wildman–Crippen LogP) is 3.73. The van der Waals surface area contributed by atoms with Crippen molar-refractivity contribution in [1.82, 2.24) is 15.0 Å². The van der Waals surface area contributed by atoms with Gasteiger partial charge in [0.1, 0.15) is 5.76 Å². The first-order valence-corrected chi connectivity index (χ1v) is 9.84. The lowest BCUT2D eigenvalue weighted by Gasteiger charge is -2.41. The number of benzene rings is 1. The van der Waals surface area contributed by atoms with Crippen molar-refractivity contribution in [3.63, 3.8) is 0 Å². The van der Waals surface area contributed by atoms with Gasteiger partial charge >= 0.3 is 0 Å². The van der Waals surface area contributed by atoms with Crippen LogP contribution in [0.15, 0.2) is 34.9 Å². The summed E-state index contributed by atoms with van der Waals surface area (Å²) < 4.78 is 5.02. The number of carbonyl (C=O) groups excluding carboxylic acids is 1. The summed E-state index contributed by atoms with van der Waals surface area (Å²) >= 11 is 6.36. The summed E-state index contributed by atoms with van der Waals surface area (Å²) in [5.41, 5.74) is 1.15. The van der Waals surface area contributed by atoms with E-state index in [4.69, 9.17) is 16.1 Å². The van der Waals surface area contributed by atoms with Crippen molar-refractivity contribution in [1.29, 1.82) is 0 Å². The number of anilines is 1. The molecule has 1 aliphatic heterocycles. The van der Waals surface area contributed by atoms with E-state index in [9.17, 15) is 4.79 Å². The molecule has 2 aromatic rings. The van der Waals surface area contributed by atoms with Crippen molar-refractivity contribution in [3.05, 3.63) is 46.7 Å². The Labute approximate surface area is 165 Å². The number of rotatable bonds is 6. The Morgan fingerprint density at radius 3 is 2.52 bits per heavy atom. The lowest BCUT2D eigenvalue weighted by molar-refractivity contribution is -0.122. The van der Waals surface area contributed by atoms with Crippen LogP contribution in [0.2, 0.25) is 5.02 Å². The van der Waals surface area contributed by atoms with E-state index in [0.29, 0.717) is 11.6 Å². The third-order valence-electron chi connectivity index (χ3n) is 5.26. The summed E-state index contributed by atoms with van der Waals surface area (Å²) in [6.45, 7) is 9.53. The standard InChI is InChI=1S/C20H27ClN4O2/c1-4-18(20(26)22-19-13-14(2)27-23-19)25-11-9-24(10-12-25)15(3)16-7-5-6-8-17(16)21/h5-8,13,15,18H,4,9-12H2,1-3H3,(H,22,23,26). The number of hydrogen-bond donors (Lipinski definition) is 1. The van der Waals surface area contributed by atoms with Crippen molar-refractivity contribution < 1.29 is 9.32 Å². The van der Waals surface area contributed by atoms with Gasteiger partial charge in [0.15, 0.2) is 5.82 Å². The van der Waals surface area contributed by atoms with Crippen LogP contribution < -0.4 is 5.32 Å². The van der Waals surface area contributed by atoms with Gasteiger partial charge in [-0.3, -0.25) is 14.6 Å². The van der Waals surface area contributed by atoms with E-state index in [0.717, 1.165) is 43.2 Å². The number of nitrogens with zero attached hydrogens (tertiary/aromatic N) is 3. The first-order valence-electron chi connectivity index (χ1n) is 9.46. The summed E-state index contributed by atoms with van der Waals surface area (Å²) in [6.07, 6.45) is 0.753. The Morgan fingerprint density at radius 2 is 1.93 bits per heavy atom. The molecule has 146 valence electrons. The molecule has 2 unspecified atom stereocenters. The predicted molar refractivity (Wildman–Crippen MR) is 107 cm³/mol. The minimum absolute atomic E-state index is 0.0293. The topological polar surface area (TPSA) is 61.6 Å². The van der Waals surface area contributed by atoms with Gasteiger partial charge in [-0.25, -0.2) is 0 Å². The maximum Gasteiger partial charge on any atom is 0.242 e. The zero-order valence-corrected chi connectivity index (χ0v) is 16.9. The Kier molecular flexibility index (Phi) is 6.52. The number of nitrogens with one attached hydrogen (secondary N) is 1. The molecule has 1 aliphatic rings. The number of halogens is 1. The van der Waals surface area contributed by atoms with Gasteiger partial charge < -0.3 is 9.84 Å². The number of amides is 1. The molecule has 1 saturated heterocycles. The summed E-state index contributed by atoms with van der Waals surface area (Å²) in [5, 5.41) is 7.52. The maximum absolute atomic E-state index is 12.7. The van der Waals surface area contributed by atoms with E-state index in [1.165, 1.54) is 0 Å². The van der Waals surface area contributed by atoms with Gasteiger partial charge in [0.25, 0.3) is 0 Å². The number of aryl methyl sites for hydroxylation is 1. The Morgan fingerprint density at radius 1 is 1.26 bits per heavy atom. The van der Waals surface area contributed by atoms with Crippen molar-refractivity contribution in [2.45, 2.75) is 39.3 Å². The van der Waals surface area contributed by atoms with Crippen molar-refractivity contribution in [2.24, 2.45) is 0 Å². The minimum atomic E-state index is -0.167. The SMILES string of the molecule is CCC(C(=O)Nc1cc(C)on1)N1CCN(C(C)c2ccccc2Cl)CC1. The van der Waals surface area contributed by atoms with E-state index in [1.54, 1.807) is 13.0 Å². The molecule has 1 aromatic heterocycles. The van der Waals surface area contributed by atoms with Crippen molar-refractivity contribution in [3.8, 4) is 0 Å². The lowest BCUT2D eigenvalue weighted by atomic mass is 10.0. The van der Waals surface area contributed by atoms with Gasteiger partial charge in [0.2, 0.25) is 5.91 Å². The number of hydrogen-bond acceptors (Lipinski definition) is 5. The lowest BCUT2D eigenvalue weighted by Crippen LogP contribution is -2.54. The van der Waals surface area contributed by atoms with Crippen LogP contribution in [0.1, 0.15) is 37.6 Å². The third kappa shape index (κ3) is 4.69. The normalized spacial score (nSPS) is 18.2. The summed E-state index contributed by atoms with van der Waals surface area (Å²) in [5.74, 6) is 1.13. The molecule has 1 N–H and O–H groups in total. The molecule has 6 nitrogen and oxygen atoms in total. The highest BCUT2D eigenvalue weighted by Crippen LogP contribution is 2.28. The molecule has 7 heteroatoms. The fourth-order valence-corrected chi connectivity index (χ4v) is 3.98. The molecule has 27 heavy (non-hydrogen) atoms. The van der Waals surface area contributed by atoms with Crippen LogP contribution >= 0.6 is 11.6 Å². The average molecular weight is 391 g/mol. The fraction of sp³-hybridized carbons (Fsp3) is 0.500. The zero-order valence-electron chi connectivity index (χ0n) is 16.1. The second-order valence-electron chi connectivity index (χ2n) is 7.01. The highest BCUT2D eigenvalue weighted by atomic mass is 35.5. The summed E-state index contributed by atoms with van der Waals surface area (Å²) in [7, 11) is 0. The van der Waals surface area contributed by atoms with Gasteiger partial charge in [0.05, 0.1) is 6.04 Å². The van der Waals surface area contributed by atoms with E-state index >= 15 is 0 Å². The summed E-state index contributed by atoms with van der Waals surface area (Å²) in [6, 6.07) is 9.82. The maximum atomic E-state index is 12.7. The molecular formula is C20H27ClN4O2. The minimum Gasteiger partial charge on any atom is -0.360 e.